The summed E-state index contributed by atoms with van der Waals surface area (Å²) < 4.78 is 5.36. The SMILES string of the molecule is CC(C)C1OC(CO)C(O)C(N=[N+]=[N-])C1O. The Morgan fingerprint density at radius 1 is 1.38 bits per heavy atom. The van der Waals surface area contributed by atoms with Crippen LogP contribution in [0.3, 0.4) is 0 Å². The maximum absolute atomic E-state index is 9.88. The first kappa shape index (κ1) is 13.2. The van der Waals surface area contributed by atoms with Crippen molar-refractivity contribution in [3.8, 4) is 0 Å². The summed E-state index contributed by atoms with van der Waals surface area (Å²) in [5.74, 6) is -0.00653. The van der Waals surface area contributed by atoms with Crippen LogP contribution in [0.1, 0.15) is 13.8 Å². The van der Waals surface area contributed by atoms with E-state index in [1.807, 2.05) is 13.8 Å². The van der Waals surface area contributed by atoms with Crippen LogP contribution in [0, 0.1) is 5.92 Å². The fourth-order valence-electron chi connectivity index (χ4n) is 1.88. The monoisotopic (exact) mass is 231 g/mol. The second-order valence-corrected chi connectivity index (χ2v) is 4.24. The van der Waals surface area contributed by atoms with Crippen molar-refractivity contribution in [3.05, 3.63) is 10.4 Å². The molecule has 3 N–H and O–H groups in total. The van der Waals surface area contributed by atoms with Gasteiger partial charge in [0.2, 0.25) is 0 Å². The fourth-order valence-corrected chi connectivity index (χ4v) is 1.88. The number of hydrogen-bond acceptors (Lipinski definition) is 5. The van der Waals surface area contributed by atoms with Gasteiger partial charge < -0.3 is 20.1 Å². The predicted octanol–water partition coefficient (Wildman–Crippen LogP) is -0.197. The lowest BCUT2D eigenvalue weighted by Gasteiger charge is -2.42. The molecule has 16 heavy (non-hydrogen) atoms. The molecule has 0 aliphatic carbocycles. The molecule has 1 heterocycles. The summed E-state index contributed by atoms with van der Waals surface area (Å²) in [5, 5.41) is 32.0. The van der Waals surface area contributed by atoms with Gasteiger partial charge in [0.25, 0.3) is 0 Å². The van der Waals surface area contributed by atoms with Crippen molar-refractivity contribution in [1.82, 2.24) is 0 Å². The van der Waals surface area contributed by atoms with Crippen LogP contribution in [0.4, 0.5) is 0 Å². The summed E-state index contributed by atoms with van der Waals surface area (Å²) >= 11 is 0. The van der Waals surface area contributed by atoms with Crippen molar-refractivity contribution < 1.29 is 20.1 Å². The van der Waals surface area contributed by atoms with Crippen LogP contribution in [0.2, 0.25) is 0 Å². The zero-order valence-electron chi connectivity index (χ0n) is 9.26. The quantitative estimate of drug-likeness (QED) is 0.354. The molecule has 5 atom stereocenters. The van der Waals surface area contributed by atoms with Gasteiger partial charge in [-0.2, -0.15) is 0 Å². The largest absolute Gasteiger partial charge is 0.394 e. The van der Waals surface area contributed by atoms with Crippen LogP contribution >= 0.6 is 0 Å². The van der Waals surface area contributed by atoms with Crippen molar-refractivity contribution >= 4 is 0 Å². The van der Waals surface area contributed by atoms with E-state index in [-0.39, 0.29) is 12.5 Å². The predicted molar refractivity (Wildman–Crippen MR) is 55.5 cm³/mol. The Labute approximate surface area is 93.3 Å². The van der Waals surface area contributed by atoms with E-state index < -0.39 is 30.5 Å². The van der Waals surface area contributed by atoms with Gasteiger partial charge in [0.05, 0.1) is 31.0 Å². The average molecular weight is 231 g/mol. The van der Waals surface area contributed by atoms with Crippen LogP contribution in [-0.4, -0.2) is 52.4 Å². The van der Waals surface area contributed by atoms with E-state index in [0.29, 0.717) is 0 Å². The van der Waals surface area contributed by atoms with Crippen molar-refractivity contribution in [2.24, 2.45) is 11.0 Å². The topological polar surface area (TPSA) is 119 Å². The molecule has 0 bridgehead atoms. The van der Waals surface area contributed by atoms with Crippen LogP contribution in [-0.2, 0) is 4.74 Å². The molecule has 5 unspecified atom stereocenters. The maximum atomic E-state index is 9.88. The fraction of sp³-hybridized carbons (Fsp3) is 1.00. The third-order valence-corrected chi connectivity index (χ3v) is 2.77. The minimum atomic E-state index is -1.19. The highest BCUT2D eigenvalue weighted by Crippen LogP contribution is 2.27. The van der Waals surface area contributed by atoms with E-state index >= 15 is 0 Å². The van der Waals surface area contributed by atoms with E-state index in [1.54, 1.807) is 0 Å². The molecule has 92 valence electrons. The van der Waals surface area contributed by atoms with Crippen molar-refractivity contribution in [1.29, 1.82) is 0 Å². The van der Waals surface area contributed by atoms with Gasteiger partial charge in [0, 0.05) is 4.91 Å². The highest BCUT2D eigenvalue weighted by atomic mass is 16.5. The zero-order chi connectivity index (χ0) is 12.3. The molecule has 0 saturated carbocycles. The lowest BCUT2D eigenvalue weighted by molar-refractivity contribution is -0.199. The molecule has 1 saturated heterocycles. The number of rotatable bonds is 3. The van der Waals surface area contributed by atoms with E-state index in [4.69, 9.17) is 15.4 Å². The molecule has 7 heteroatoms. The van der Waals surface area contributed by atoms with E-state index in [1.165, 1.54) is 0 Å². The van der Waals surface area contributed by atoms with Crippen molar-refractivity contribution in [3.63, 3.8) is 0 Å². The van der Waals surface area contributed by atoms with Crippen LogP contribution in [0.5, 0.6) is 0 Å². The van der Waals surface area contributed by atoms with Gasteiger partial charge in [-0.05, 0) is 11.4 Å². The van der Waals surface area contributed by atoms with Gasteiger partial charge in [-0.3, -0.25) is 0 Å². The average Bonchev–Trinajstić information content (AvgIpc) is 2.24. The highest BCUT2D eigenvalue weighted by Gasteiger charge is 2.44. The Bertz CT molecular complexity index is 280. The first-order valence-electron chi connectivity index (χ1n) is 5.19. The third-order valence-electron chi connectivity index (χ3n) is 2.77. The summed E-state index contributed by atoms with van der Waals surface area (Å²) in [6.07, 6.45) is -3.64. The molecule has 0 aromatic rings. The summed E-state index contributed by atoms with van der Waals surface area (Å²) in [6, 6.07) is -0.983. The van der Waals surface area contributed by atoms with Crippen LogP contribution in [0.15, 0.2) is 5.11 Å². The van der Waals surface area contributed by atoms with Crippen molar-refractivity contribution in [2.75, 3.05) is 6.61 Å². The molecule has 1 fully saturated rings. The van der Waals surface area contributed by atoms with Crippen molar-refractivity contribution in [2.45, 2.75) is 44.3 Å². The summed E-state index contributed by atoms with van der Waals surface area (Å²) in [7, 11) is 0. The maximum Gasteiger partial charge on any atom is 0.107 e. The zero-order valence-corrected chi connectivity index (χ0v) is 9.26. The minimum absolute atomic E-state index is 0.00653. The van der Waals surface area contributed by atoms with Gasteiger partial charge >= 0.3 is 0 Å². The van der Waals surface area contributed by atoms with Crippen LogP contribution in [0.25, 0.3) is 10.4 Å². The first-order chi connectivity index (χ1) is 7.52. The third kappa shape index (κ3) is 2.45. The Morgan fingerprint density at radius 3 is 2.44 bits per heavy atom. The van der Waals surface area contributed by atoms with Gasteiger partial charge in [-0.1, -0.05) is 19.0 Å². The summed E-state index contributed by atoms with van der Waals surface area (Å²) in [6.45, 7) is 3.30. The van der Waals surface area contributed by atoms with Gasteiger partial charge in [-0.15, -0.1) is 0 Å². The second-order valence-electron chi connectivity index (χ2n) is 4.24. The van der Waals surface area contributed by atoms with Crippen LogP contribution < -0.4 is 0 Å². The number of aliphatic hydroxyl groups is 3. The Balaban J connectivity index is 2.92. The summed E-state index contributed by atoms with van der Waals surface area (Å²) in [4.78, 5) is 2.59. The Hall–Kier alpha value is -0.850. The van der Waals surface area contributed by atoms with E-state index in [9.17, 15) is 10.2 Å². The molecule has 0 amide bonds. The molecular weight excluding hydrogens is 214 g/mol. The molecule has 1 aliphatic rings. The van der Waals surface area contributed by atoms with E-state index in [0.717, 1.165) is 0 Å². The lowest BCUT2D eigenvalue weighted by Crippen LogP contribution is -2.58. The molecule has 0 aromatic carbocycles. The van der Waals surface area contributed by atoms with E-state index in [2.05, 4.69) is 10.0 Å². The number of azide groups is 1. The molecule has 1 rings (SSSR count). The molecule has 7 nitrogen and oxygen atoms in total. The normalized spacial score (nSPS) is 39.5. The number of ether oxygens (including phenoxy) is 1. The van der Waals surface area contributed by atoms with Gasteiger partial charge in [-0.25, -0.2) is 0 Å². The number of aliphatic hydroxyl groups excluding tert-OH is 3. The number of hydrogen-bond donors (Lipinski definition) is 3. The van der Waals surface area contributed by atoms with Gasteiger partial charge in [0.1, 0.15) is 6.10 Å². The number of nitrogens with zero attached hydrogens (tertiary/aromatic N) is 3. The Kier molecular flexibility index (Phi) is 4.52. The lowest BCUT2D eigenvalue weighted by atomic mass is 9.88. The second kappa shape index (κ2) is 5.47. The standard InChI is InChI=1S/C9H17N3O4/c1-4(2)9-8(15)6(11-12-10)7(14)5(3-13)16-9/h4-9,13-15H,3H2,1-2H3. The first-order valence-corrected chi connectivity index (χ1v) is 5.19. The molecule has 1 aliphatic heterocycles. The molecule has 0 aromatic heterocycles. The molecular formula is C9H17N3O4. The smallest absolute Gasteiger partial charge is 0.107 e. The molecule has 0 spiro atoms. The Morgan fingerprint density at radius 2 is 2.00 bits per heavy atom. The minimum Gasteiger partial charge on any atom is -0.394 e. The van der Waals surface area contributed by atoms with Gasteiger partial charge in [0.15, 0.2) is 0 Å². The summed E-state index contributed by atoms with van der Waals surface area (Å²) in [5.41, 5.74) is 8.37. The molecule has 0 radical (unpaired) electrons. The highest BCUT2D eigenvalue weighted by molar-refractivity contribution is 4.97.